The number of aryl methyl sites for hydroxylation is 1. The van der Waals surface area contributed by atoms with E-state index in [4.69, 9.17) is 4.52 Å². The molecule has 8 nitrogen and oxygen atoms in total. The molecule has 2 aromatic heterocycles. The van der Waals surface area contributed by atoms with Gasteiger partial charge in [0.25, 0.3) is 0 Å². The second-order valence-corrected chi connectivity index (χ2v) is 9.48. The molecule has 0 radical (unpaired) electrons. The Kier molecular flexibility index (Phi) is 7.77. The SMILES string of the molecule is Cc1cc(NC(=O)CSCC(=O)NCC(c2ccc(N(C)C)cc2)c2c[nH]c3ccccc23)no1. The summed E-state index contributed by atoms with van der Waals surface area (Å²) in [6, 6.07) is 18.2. The fourth-order valence-corrected chi connectivity index (χ4v) is 4.55. The molecule has 2 amide bonds. The van der Waals surface area contributed by atoms with E-state index in [2.05, 4.69) is 56.0 Å². The lowest BCUT2D eigenvalue weighted by atomic mass is 9.90. The number of nitrogens with one attached hydrogen (secondary N) is 3. The van der Waals surface area contributed by atoms with E-state index in [9.17, 15) is 9.59 Å². The summed E-state index contributed by atoms with van der Waals surface area (Å²) in [5.74, 6) is 0.967. The smallest absolute Gasteiger partial charge is 0.235 e. The quantitative estimate of drug-likeness (QED) is 0.308. The summed E-state index contributed by atoms with van der Waals surface area (Å²) in [7, 11) is 4.02. The van der Waals surface area contributed by atoms with Gasteiger partial charge in [0.05, 0.1) is 11.5 Å². The highest BCUT2D eigenvalue weighted by molar-refractivity contribution is 8.00. The topological polar surface area (TPSA) is 103 Å². The molecule has 0 aliphatic carbocycles. The number of H-pyrrole nitrogens is 1. The molecule has 0 fully saturated rings. The standard InChI is InChI=1S/C26H29N5O3S/c1-17-12-24(30-34-17)29-26(33)16-35-15-25(32)28-13-21(18-8-10-19(11-9-18)31(2)3)22-14-27-23-7-5-4-6-20(22)23/h4-12,14,21,27H,13,15-16H2,1-3H3,(H,28,32)(H,29,30,33). The number of nitrogens with zero attached hydrogens (tertiary/aromatic N) is 2. The van der Waals surface area contributed by atoms with Gasteiger partial charge in [-0.2, -0.15) is 0 Å². The van der Waals surface area contributed by atoms with E-state index < -0.39 is 0 Å². The number of hydrogen-bond donors (Lipinski definition) is 3. The molecule has 2 aromatic carbocycles. The van der Waals surface area contributed by atoms with Gasteiger partial charge in [-0.1, -0.05) is 35.5 Å². The normalized spacial score (nSPS) is 11.9. The van der Waals surface area contributed by atoms with Crippen LogP contribution in [-0.2, 0) is 9.59 Å². The van der Waals surface area contributed by atoms with Crippen LogP contribution < -0.4 is 15.5 Å². The summed E-state index contributed by atoms with van der Waals surface area (Å²) >= 11 is 1.25. The maximum atomic E-state index is 12.6. The van der Waals surface area contributed by atoms with Gasteiger partial charge in [0.1, 0.15) is 5.76 Å². The molecule has 35 heavy (non-hydrogen) atoms. The van der Waals surface area contributed by atoms with Gasteiger partial charge in [-0.05, 0) is 36.2 Å². The summed E-state index contributed by atoms with van der Waals surface area (Å²) in [5, 5.41) is 10.6. The number of amides is 2. The highest BCUT2D eigenvalue weighted by Crippen LogP contribution is 2.31. The van der Waals surface area contributed by atoms with E-state index in [0.29, 0.717) is 18.1 Å². The van der Waals surface area contributed by atoms with Crippen LogP contribution in [0, 0.1) is 6.92 Å². The van der Waals surface area contributed by atoms with Crippen molar-refractivity contribution >= 4 is 46.0 Å². The predicted molar refractivity (Wildman–Crippen MR) is 141 cm³/mol. The first-order chi connectivity index (χ1) is 16.9. The first kappa shape index (κ1) is 24.4. The van der Waals surface area contributed by atoms with Crippen LogP contribution in [0.3, 0.4) is 0 Å². The van der Waals surface area contributed by atoms with E-state index in [1.807, 2.05) is 38.5 Å². The summed E-state index contributed by atoms with van der Waals surface area (Å²) in [6.45, 7) is 2.20. The van der Waals surface area contributed by atoms with Crippen molar-refractivity contribution in [2.45, 2.75) is 12.8 Å². The van der Waals surface area contributed by atoms with Crippen LogP contribution in [0.25, 0.3) is 10.9 Å². The maximum Gasteiger partial charge on any atom is 0.235 e. The van der Waals surface area contributed by atoms with Gasteiger partial charge in [0, 0.05) is 55.4 Å². The van der Waals surface area contributed by atoms with Crippen molar-refractivity contribution in [3.05, 3.63) is 77.7 Å². The van der Waals surface area contributed by atoms with Crippen molar-refractivity contribution in [2.75, 3.05) is 42.4 Å². The van der Waals surface area contributed by atoms with Gasteiger partial charge in [-0.15, -0.1) is 11.8 Å². The van der Waals surface area contributed by atoms with Crippen LogP contribution in [0.5, 0.6) is 0 Å². The molecule has 0 spiro atoms. The summed E-state index contributed by atoms with van der Waals surface area (Å²) in [4.78, 5) is 30.1. The number of thioether (sulfide) groups is 1. The highest BCUT2D eigenvalue weighted by atomic mass is 32.2. The average Bonchev–Trinajstić information content (AvgIpc) is 3.45. The number of rotatable bonds is 10. The molecule has 0 aliphatic rings. The number of aromatic nitrogens is 2. The minimum absolute atomic E-state index is 0.0185. The number of carbonyl (C=O) groups is 2. The zero-order valence-corrected chi connectivity index (χ0v) is 20.8. The molecule has 0 aliphatic heterocycles. The second kappa shape index (κ2) is 11.1. The first-order valence-corrected chi connectivity index (χ1v) is 12.5. The lowest BCUT2D eigenvalue weighted by molar-refractivity contribution is -0.118. The Morgan fingerprint density at radius 3 is 2.54 bits per heavy atom. The van der Waals surface area contributed by atoms with Crippen LogP contribution in [0.1, 0.15) is 22.8 Å². The molecular weight excluding hydrogens is 462 g/mol. The van der Waals surface area contributed by atoms with Crippen LogP contribution in [0.4, 0.5) is 11.5 Å². The fraction of sp³-hybridized carbons (Fsp3) is 0.269. The Balaban J connectivity index is 1.39. The third-order valence-electron chi connectivity index (χ3n) is 5.67. The minimum atomic E-state index is -0.228. The Labute approximate surface area is 208 Å². The molecule has 1 unspecified atom stereocenters. The van der Waals surface area contributed by atoms with Crippen molar-refractivity contribution in [3.63, 3.8) is 0 Å². The van der Waals surface area contributed by atoms with Crippen LogP contribution in [0.2, 0.25) is 0 Å². The molecule has 1 atom stereocenters. The van der Waals surface area contributed by atoms with Crippen LogP contribution in [0.15, 0.2) is 65.3 Å². The van der Waals surface area contributed by atoms with Gasteiger partial charge in [-0.3, -0.25) is 9.59 Å². The Hall–Kier alpha value is -3.72. The number of benzene rings is 2. The first-order valence-electron chi connectivity index (χ1n) is 11.3. The molecule has 3 N–H and O–H groups in total. The summed E-state index contributed by atoms with van der Waals surface area (Å²) in [6.07, 6.45) is 2.02. The van der Waals surface area contributed by atoms with E-state index in [0.717, 1.165) is 27.7 Å². The number of anilines is 2. The summed E-state index contributed by atoms with van der Waals surface area (Å²) in [5.41, 5.74) is 4.43. The maximum absolute atomic E-state index is 12.6. The number of aromatic amines is 1. The predicted octanol–water partition coefficient (Wildman–Crippen LogP) is 4.15. The van der Waals surface area contributed by atoms with E-state index in [-0.39, 0.29) is 29.2 Å². The second-order valence-electron chi connectivity index (χ2n) is 8.50. The lowest BCUT2D eigenvalue weighted by Gasteiger charge is -2.20. The van der Waals surface area contributed by atoms with E-state index >= 15 is 0 Å². The molecule has 0 saturated carbocycles. The zero-order chi connectivity index (χ0) is 24.8. The van der Waals surface area contributed by atoms with Crippen molar-refractivity contribution in [1.82, 2.24) is 15.5 Å². The Bertz CT molecular complexity index is 1300. The van der Waals surface area contributed by atoms with Gasteiger partial charge < -0.3 is 25.0 Å². The molecular formula is C26H29N5O3S. The minimum Gasteiger partial charge on any atom is -0.378 e. The number of carbonyl (C=O) groups excluding carboxylic acids is 2. The van der Waals surface area contributed by atoms with Crippen LogP contribution >= 0.6 is 11.8 Å². The highest BCUT2D eigenvalue weighted by Gasteiger charge is 2.19. The number of para-hydroxylation sites is 1. The number of fused-ring (bicyclic) bond motifs is 1. The molecule has 4 rings (SSSR count). The zero-order valence-electron chi connectivity index (χ0n) is 20.0. The monoisotopic (exact) mass is 491 g/mol. The number of hydrogen-bond acceptors (Lipinski definition) is 6. The van der Waals surface area contributed by atoms with Gasteiger partial charge >= 0.3 is 0 Å². The van der Waals surface area contributed by atoms with Crippen molar-refractivity contribution < 1.29 is 14.1 Å². The molecule has 4 aromatic rings. The lowest BCUT2D eigenvalue weighted by Crippen LogP contribution is -2.30. The molecule has 0 bridgehead atoms. The van der Waals surface area contributed by atoms with Gasteiger partial charge in [0.15, 0.2) is 5.82 Å². The molecule has 0 saturated heterocycles. The van der Waals surface area contributed by atoms with E-state index in [1.54, 1.807) is 13.0 Å². The average molecular weight is 492 g/mol. The third kappa shape index (κ3) is 6.24. The molecule has 182 valence electrons. The Morgan fingerprint density at radius 1 is 1.09 bits per heavy atom. The molecule has 9 heteroatoms. The van der Waals surface area contributed by atoms with Crippen LogP contribution in [-0.4, -0.2) is 54.1 Å². The third-order valence-corrected chi connectivity index (χ3v) is 6.61. The van der Waals surface area contributed by atoms with Gasteiger partial charge in [0.2, 0.25) is 11.8 Å². The van der Waals surface area contributed by atoms with Crippen molar-refractivity contribution in [2.24, 2.45) is 0 Å². The summed E-state index contributed by atoms with van der Waals surface area (Å²) < 4.78 is 4.93. The van der Waals surface area contributed by atoms with Crippen molar-refractivity contribution in [1.29, 1.82) is 0 Å². The fourth-order valence-electron chi connectivity index (χ4n) is 3.90. The molecule has 2 heterocycles. The van der Waals surface area contributed by atoms with E-state index in [1.165, 1.54) is 11.8 Å². The Morgan fingerprint density at radius 2 is 1.83 bits per heavy atom. The largest absolute Gasteiger partial charge is 0.378 e. The van der Waals surface area contributed by atoms with Crippen molar-refractivity contribution in [3.8, 4) is 0 Å². The van der Waals surface area contributed by atoms with Gasteiger partial charge in [-0.25, -0.2) is 0 Å².